The van der Waals surface area contributed by atoms with Gasteiger partial charge in [0.1, 0.15) is 5.56 Å². The summed E-state index contributed by atoms with van der Waals surface area (Å²) in [6, 6.07) is 13.1. The maximum atomic E-state index is 12.2. The maximum Gasteiger partial charge on any atom is 0.294 e. The Morgan fingerprint density at radius 3 is 2.33 bits per heavy atom. The second-order valence-electron chi connectivity index (χ2n) is 3.59. The Kier molecular flexibility index (Phi) is 3.53. The number of ketones is 1. The van der Waals surface area contributed by atoms with Crippen molar-refractivity contribution in [1.82, 2.24) is 0 Å². The lowest BCUT2D eigenvalue weighted by atomic mass is 10.0. The Balaban J connectivity index is 2.56. The molecule has 0 bridgehead atoms. The van der Waals surface area contributed by atoms with Gasteiger partial charge in [0.05, 0.1) is 9.40 Å². The maximum absolute atomic E-state index is 12.2. The molecule has 0 radical (unpaired) electrons. The van der Waals surface area contributed by atoms with E-state index in [-0.39, 0.29) is 17.0 Å². The highest BCUT2D eigenvalue weighted by Gasteiger charge is 2.23. The first-order valence-corrected chi connectivity index (χ1v) is 5.93. The van der Waals surface area contributed by atoms with Crippen molar-refractivity contribution in [3.05, 3.63) is 74.2 Å². The fourth-order valence-corrected chi connectivity index (χ4v) is 2.14. The number of nitro groups is 1. The van der Waals surface area contributed by atoms with Gasteiger partial charge in [-0.1, -0.05) is 36.4 Å². The van der Waals surface area contributed by atoms with Crippen LogP contribution in [-0.2, 0) is 0 Å². The van der Waals surface area contributed by atoms with Gasteiger partial charge in [0.25, 0.3) is 5.69 Å². The van der Waals surface area contributed by atoms with Crippen LogP contribution in [0.4, 0.5) is 5.69 Å². The Hall–Kier alpha value is -2.01. The van der Waals surface area contributed by atoms with Crippen molar-refractivity contribution >= 4 is 27.4 Å². The summed E-state index contributed by atoms with van der Waals surface area (Å²) in [6.07, 6.45) is 0. The number of para-hydroxylation sites is 1. The lowest BCUT2D eigenvalue weighted by molar-refractivity contribution is -0.385. The van der Waals surface area contributed by atoms with Crippen molar-refractivity contribution in [2.75, 3.05) is 0 Å². The first kappa shape index (κ1) is 12.4. The molecule has 0 saturated heterocycles. The SMILES string of the molecule is O=C(c1ccccc1)c1cccc(Br)c1[N+](=O)[O-]. The van der Waals surface area contributed by atoms with Crippen molar-refractivity contribution in [3.63, 3.8) is 0 Å². The van der Waals surface area contributed by atoms with Crippen LogP contribution in [-0.4, -0.2) is 10.7 Å². The summed E-state index contributed by atoms with van der Waals surface area (Å²) >= 11 is 3.09. The average molecular weight is 306 g/mol. The van der Waals surface area contributed by atoms with E-state index in [9.17, 15) is 14.9 Å². The van der Waals surface area contributed by atoms with Crippen LogP contribution in [0.2, 0.25) is 0 Å². The summed E-state index contributed by atoms with van der Waals surface area (Å²) in [5.41, 5.74) is 0.311. The van der Waals surface area contributed by atoms with Gasteiger partial charge in [-0.25, -0.2) is 0 Å². The second-order valence-corrected chi connectivity index (χ2v) is 4.44. The topological polar surface area (TPSA) is 60.2 Å². The third kappa shape index (κ3) is 2.31. The number of hydrogen-bond donors (Lipinski definition) is 0. The van der Waals surface area contributed by atoms with E-state index in [1.807, 2.05) is 0 Å². The Bertz CT molecular complexity index is 611. The van der Waals surface area contributed by atoms with Crippen LogP contribution >= 0.6 is 15.9 Å². The molecule has 2 aromatic rings. The highest BCUT2D eigenvalue weighted by atomic mass is 79.9. The summed E-state index contributed by atoms with van der Waals surface area (Å²) in [7, 11) is 0. The zero-order valence-electron chi connectivity index (χ0n) is 9.17. The van der Waals surface area contributed by atoms with Crippen LogP contribution < -0.4 is 0 Å². The minimum atomic E-state index is -0.555. The van der Waals surface area contributed by atoms with Crippen LogP contribution in [0.3, 0.4) is 0 Å². The molecule has 2 aromatic carbocycles. The molecule has 0 amide bonds. The van der Waals surface area contributed by atoms with Gasteiger partial charge in [0.15, 0.2) is 5.78 Å². The van der Waals surface area contributed by atoms with E-state index >= 15 is 0 Å². The van der Waals surface area contributed by atoms with Crippen LogP contribution in [0.5, 0.6) is 0 Å². The van der Waals surface area contributed by atoms with Gasteiger partial charge in [0, 0.05) is 5.56 Å². The predicted molar refractivity (Wildman–Crippen MR) is 70.7 cm³/mol. The quantitative estimate of drug-likeness (QED) is 0.494. The monoisotopic (exact) mass is 305 g/mol. The minimum absolute atomic E-state index is 0.0839. The molecule has 2 rings (SSSR count). The van der Waals surface area contributed by atoms with Gasteiger partial charge in [-0.05, 0) is 28.1 Å². The second kappa shape index (κ2) is 5.10. The number of benzene rings is 2. The fourth-order valence-electron chi connectivity index (χ4n) is 1.63. The molecule has 0 spiro atoms. The van der Waals surface area contributed by atoms with Gasteiger partial charge in [-0.3, -0.25) is 14.9 Å². The van der Waals surface area contributed by atoms with E-state index in [1.165, 1.54) is 6.07 Å². The van der Waals surface area contributed by atoms with Crippen molar-refractivity contribution in [1.29, 1.82) is 0 Å². The molecule has 0 aliphatic rings. The summed E-state index contributed by atoms with van der Waals surface area (Å²) < 4.78 is 0.300. The third-order valence-corrected chi connectivity index (χ3v) is 3.09. The molecule has 4 nitrogen and oxygen atoms in total. The zero-order valence-corrected chi connectivity index (χ0v) is 10.8. The van der Waals surface area contributed by atoms with E-state index < -0.39 is 4.92 Å². The molecule has 5 heteroatoms. The molecule has 90 valence electrons. The van der Waals surface area contributed by atoms with Crippen molar-refractivity contribution in [2.24, 2.45) is 0 Å². The van der Waals surface area contributed by atoms with Gasteiger partial charge in [0.2, 0.25) is 0 Å². The lowest BCUT2D eigenvalue weighted by Gasteiger charge is -2.03. The molecular formula is C13H8BrNO3. The number of nitro benzene ring substituents is 1. The Labute approximate surface area is 112 Å². The Morgan fingerprint density at radius 2 is 1.72 bits per heavy atom. The number of hydrogen-bond acceptors (Lipinski definition) is 3. The van der Waals surface area contributed by atoms with Gasteiger partial charge >= 0.3 is 0 Å². The highest BCUT2D eigenvalue weighted by molar-refractivity contribution is 9.10. The van der Waals surface area contributed by atoms with E-state index in [1.54, 1.807) is 42.5 Å². The predicted octanol–water partition coefficient (Wildman–Crippen LogP) is 3.59. The number of carbonyl (C=O) groups is 1. The molecule has 0 unspecified atom stereocenters. The summed E-state index contributed by atoms with van der Waals surface area (Å²) in [4.78, 5) is 22.6. The summed E-state index contributed by atoms with van der Waals surface area (Å²) in [5.74, 6) is -0.358. The minimum Gasteiger partial charge on any atom is -0.288 e. The summed E-state index contributed by atoms with van der Waals surface area (Å²) in [5, 5.41) is 11.0. The van der Waals surface area contributed by atoms with Crippen molar-refractivity contribution < 1.29 is 9.72 Å². The number of rotatable bonds is 3. The van der Waals surface area contributed by atoms with E-state index in [4.69, 9.17) is 0 Å². The fraction of sp³-hybridized carbons (Fsp3) is 0. The molecule has 0 heterocycles. The largest absolute Gasteiger partial charge is 0.294 e. The van der Waals surface area contributed by atoms with Gasteiger partial charge in [-0.15, -0.1) is 0 Å². The molecular weight excluding hydrogens is 298 g/mol. The third-order valence-electron chi connectivity index (χ3n) is 2.45. The van der Waals surface area contributed by atoms with Gasteiger partial charge < -0.3 is 0 Å². The molecule has 0 aliphatic heterocycles. The smallest absolute Gasteiger partial charge is 0.288 e. The molecule has 0 N–H and O–H groups in total. The average Bonchev–Trinajstić information content (AvgIpc) is 2.38. The number of carbonyl (C=O) groups excluding carboxylic acids is 1. The lowest BCUT2D eigenvalue weighted by Crippen LogP contribution is -2.05. The van der Waals surface area contributed by atoms with Crippen LogP contribution in [0.1, 0.15) is 15.9 Å². The number of nitrogens with zero attached hydrogens (tertiary/aromatic N) is 1. The molecule has 0 fully saturated rings. The van der Waals surface area contributed by atoms with Crippen molar-refractivity contribution in [2.45, 2.75) is 0 Å². The van der Waals surface area contributed by atoms with Crippen LogP contribution in [0.15, 0.2) is 53.0 Å². The first-order valence-electron chi connectivity index (χ1n) is 5.14. The number of halogens is 1. The van der Waals surface area contributed by atoms with E-state index in [2.05, 4.69) is 15.9 Å². The normalized spacial score (nSPS) is 10.1. The van der Waals surface area contributed by atoms with Crippen LogP contribution in [0.25, 0.3) is 0 Å². The van der Waals surface area contributed by atoms with E-state index in [0.29, 0.717) is 10.0 Å². The molecule has 0 aliphatic carbocycles. The van der Waals surface area contributed by atoms with Crippen molar-refractivity contribution in [3.8, 4) is 0 Å². The highest BCUT2D eigenvalue weighted by Crippen LogP contribution is 2.30. The molecule has 18 heavy (non-hydrogen) atoms. The van der Waals surface area contributed by atoms with Gasteiger partial charge in [-0.2, -0.15) is 0 Å². The van der Waals surface area contributed by atoms with E-state index in [0.717, 1.165) is 0 Å². The zero-order chi connectivity index (χ0) is 13.1. The Morgan fingerprint density at radius 1 is 1.06 bits per heavy atom. The molecule has 0 atom stereocenters. The van der Waals surface area contributed by atoms with Crippen LogP contribution in [0, 0.1) is 10.1 Å². The molecule has 0 saturated carbocycles. The first-order chi connectivity index (χ1) is 8.61. The molecule has 0 aromatic heterocycles. The standard InChI is InChI=1S/C13H8BrNO3/c14-11-8-4-7-10(12(11)15(17)18)13(16)9-5-2-1-3-6-9/h1-8H. The summed E-state index contributed by atoms with van der Waals surface area (Å²) in [6.45, 7) is 0.